The summed E-state index contributed by atoms with van der Waals surface area (Å²) in [5.41, 5.74) is 17.7. The third-order valence-electron chi connectivity index (χ3n) is 12.3. The second-order valence-corrected chi connectivity index (χ2v) is 16.0. The maximum Gasteiger partial charge on any atom is 0.0467 e. The van der Waals surface area contributed by atoms with Gasteiger partial charge in [0.1, 0.15) is 0 Å². The fourth-order valence-electron chi connectivity index (χ4n) is 9.30. The summed E-state index contributed by atoms with van der Waals surface area (Å²) < 4.78 is 0. The second kappa shape index (κ2) is 16.7. The molecule has 0 fully saturated rings. The highest BCUT2D eigenvalue weighted by Gasteiger charge is 2.20. The molecule has 0 aliphatic rings. The van der Waals surface area contributed by atoms with E-state index >= 15 is 0 Å². The molecule has 11 rings (SSSR count). The number of benzene rings is 11. The first kappa shape index (κ1) is 37.7. The second-order valence-electron chi connectivity index (χ2n) is 16.0. The lowest BCUT2D eigenvalue weighted by Crippen LogP contribution is -2.10. The fourth-order valence-corrected chi connectivity index (χ4v) is 9.30. The fraction of sp³-hybridized carbons (Fsp3) is 0. The van der Waals surface area contributed by atoms with Gasteiger partial charge in [-0.1, -0.05) is 218 Å². The molecule has 1 heteroatoms. The molecule has 0 aliphatic carbocycles. The molecule has 0 aliphatic heterocycles. The van der Waals surface area contributed by atoms with E-state index < -0.39 is 0 Å². The van der Waals surface area contributed by atoms with Crippen LogP contribution in [0.5, 0.6) is 0 Å². The minimum atomic E-state index is 1.08. The van der Waals surface area contributed by atoms with E-state index in [2.05, 4.69) is 266 Å². The quantitative estimate of drug-likeness (QED) is 0.131. The smallest absolute Gasteiger partial charge is 0.0467 e. The van der Waals surface area contributed by atoms with Crippen LogP contribution in [0.15, 0.2) is 261 Å². The SMILES string of the molecule is c1ccc(-c2cccc(-c3ccc(N(c4ccc(-c5ccccc5-c5ccccc5)cc4)c4cccc(-c5c(-c6ccccc6)c6ccccc6c6ccccc56)c4)cc3)c2)cc1. The molecule has 0 saturated heterocycles. The Bertz CT molecular complexity index is 3350. The Morgan fingerprint density at radius 1 is 0.190 bits per heavy atom. The highest BCUT2D eigenvalue weighted by atomic mass is 15.1. The van der Waals surface area contributed by atoms with Gasteiger partial charge in [0, 0.05) is 17.1 Å². The molecule has 0 spiro atoms. The van der Waals surface area contributed by atoms with Crippen molar-refractivity contribution in [1.82, 2.24) is 0 Å². The summed E-state index contributed by atoms with van der Waals surface area (Å²) >= 11 is 0. The van der Waals surface area contributed by atoms with Gasteiger partial charge in [0.2, 0.25) is 0 Å². The highest BCUT2D eigenvalue weighted by Crippen LogP contribution is 2.46. The number of hydrogen-bond donors (Lipinski definition) is 0. The van der Waals surface area contributed by atoms with Crippen molar-refractivity contribution in [2.75, 3.05) is 4.90 Å². The van der Waals surface area contributed by atoms with E-state index in [9.17, 15) is 0 Å². The van der Waals surface area contributed by atoms with Crippen LogP contribution in [0, 0.1) is 0 Å². The van der Waals surface area contributed by atoms with E-state index in [0.717, 1.165) is 17.1 Å². The summed E-state index contributed by atoms with van der Waals surface area (Å²) in [7, 11) is 0. The molecule has 0 N–H and O–H groups in total. The Kier molecular flexibility index (Phi) is 9.97. The summed E-state index contributed by atoms with van der Waals surface area (Å²) in [6, 6.07) is 94.6. The predicted molar refractivity (Wildman–Crippen MR) is 269 cm³/mol. The van der Waals surface area contributed by atoms with Crippen LogP contribution < -0.4 is 4.90 Å². The summed E-state index contributed by atoms with van der Waals surface area (Å²) in [4.78, 5) is 2.39. The molecule has 0 saturated carbocycles. The van der Waals surface area contributed by atoms with Gasteiger partial charge in [-0.25, -0.2) is 0 Å². The van der Waals surface area contributed by atoms with Gasteiger partial charge in [0.05, 0.1) is 0 Å². The van der Waals surface area contributed by atoms with Crippen LogP contribution in [0.1, 0.15) is 0 Å². The molecule has 0 radical (unpaired) electrons. The number of nitrogens with zero attached hydrogens (tertiary/aromatic N) is 1. The van der Waals surface area contributed by atoms with E-state index in [1.165, 1.54) is 88.3 Å². The maximum absolute atomic E-state index is 2.39. The lowest BCUT2D eigenvalue weighted by Gasteiger charge is -2.27. The highest BCUT2D eigenvalue weighted by molar-refractivity contribution is 6.21. The van der Waals surface area contributed by atoms with Gasteiger partial charge < -0.3 is 4.90 Å². The van der Waals surface area contributed by atoms with Crippen LogP contribution in [0.2, 0.25) is 0 Å². The Morgan fingerprint density at radius 3 is 1.11 bits per heavy atom. The monoisotopic (exact) mass is 801 g/mol. The van der Waals surface area contributed by atoms with Crippen molar-refractivity contribution in [3.05, 3.63) is 261 Å². The minimum absolute atomic E-state index is 1.08. The summed E-state index contributed by atoms with van der Waals surface area (Å²) in [5.74, 6) is 0. The van der Waals surface area contributed by atoms with Gasteiger partial charge in [-0.05, 0) is 131 Å². The van der Waals surface area contributed by atoms with Crippen LogP contribution in [0.25, 0.3) is 88.3 Å². The number of fused-ring (bicyclic) bond motifs is 3. The van der Waals surface area contributed by atoms with Crippen LogP contribution in [-0.2, 0) is 0 Å². The van der Waals surface area contributed by atoms with Gasteiger partial charge in [0.25, 0.3) is 0 Å². The van der Waals surface area contributed by atoms with Gasteiger partial charge >= 0.3 is 0 Å². The van der Waals surface area contributed by atoms with Crippen molar-refractivity contribution in [3.63, 3.8) is 0 Å². The van der Waals surface area contributed by atoms with E-state index in [-0.39, 0.29) is 0 Å². The molecule has 0 unspecified atom stereocenters. The molecule has 0 heterocycles. The third-order valence-corrected chi connectivity index (χ3v) is 12.3. The molecule has 0 aromatic heterocycles. The normalized spacial score (nSPS) is 11.2. The van der Waals surface area contributed by atoms with Crippen LogP contribution >= 0.6 is 0 Å². The van der Waals surface area contributed by atoms with E-state index in [1.54, 1.807) is 0 Å². The Morgan fingerprint density at radius 2 is 0.556 bits per heavy atom. The molecule has 0 amide bonds. The lowest BCUT2D eigenvalue weighted by atomic mass is 9.85. The minimum Gasteiger partial charge on any atom is -0.310 e. The lowest BCUT2D eigenvalue weighted by molar-refractivity contribution is 1.28. The molecule has 0 atom stereocenters. The zero-order chi connectivity index (χ0) is 42.0. The zero-order valence-corrected chi connectivity index (χ0v) is 34.8. The average molecular weight is 802 g/mol. The Balaban J connectivity index is 1.07. The van der Waals surface area contributed by atoms with Gasteiger partial charge in [-0.3, -0.25) is 0 Å². The largest absolute Gasteiger partial charge is 0.310 e. The molecule has 1 nitrogen and oxygen atoms in total. The van der Waals surface area contributed by atoms with Crippen molar-refractivity contribution in [2.45, 2.75) is 0 Å². The van der Waals surface area contributed by atoms with Crippen molar-refractivity contribution in [3.8, 4) is 66.8 Å². The van der Waals surface area contributed by atoms with Crippen molar-refractivity contribution in [2.24, 2.45) is 0 Å². The Hall–Kier alpha value is -8.26. The van der Waals surface area contributed by atoms with Crippen LogP contribution in [-0.4, -0.2) is 0 Å². The molecule has 11 aromatic rings. The predicted octanol–water partition coefficient (Wildman–Crippen LogP) is 17.5. The van der Waals surface area contributed by atoms with Crippen LogP contribution in [0.3, 0.4) is 0 Å². The molecule has 0 bridgehead atoms. The van der Waals surface area contributed by atoms with Gasteiger partial charge in [-0.2, -0.15) is 0 Å². The summed E-state index contributed by atoms with van der Waals surface area (Å²) in [6.45, 7) is 0. The molecular formula is C62H43N. The Labute approximate surface area is 369 Å². The number of rotatable bonds is 9. The molecular weight excluding hydrogens is 759 g/mol. The van der Waals surface area contributed by atoms with Gasteiger partial charge in [-0.15, -0.1) is 0 Å². The van der Waals surface area contributed by atoms with E-state index in [0.29, 0.717) is 0 Å². The van der Waals surface area contributed by atoms with Crippen molar-refractivity contribution >= 4 is 38.6 Å². The first-order chi connectivity index (χ1) is 31.3. The van der Waals surface area contributed by atoms with Crippen LogP contribution in [0.4, 0.5) is 17.1 Å². The average Bonchev–Trinajstić information content (AvgIpc) is 3.37. The number of hydrogen-bond acceptors (Lipinski definition) is 1. The first-order valence-corrected chi connectivity index (χ1v) is 21.7. The van der Waals surface area contributed by atoms with Crippen molar-refractivity contribution < 1.29 is 0 Å². The topological polar surface area (TPSA) is 3.24 Å². The molecule has 63 heavy (non-hydrogen) atoms. The maximum atomic E-state index is 2.39. The summed E-state index contributed by atoms with van der Waals surface area (Å²) in [6.07, 6.45) is 0. The van der Waals surface area contributed by atoms with E-state index in [4.69, 9.17) is 0 Å². The van der Waals surface area contributed by atoms with Gasteiger partial charge in [0.15, 0.2) is 0 Å². The number of anilines is 3. The van der Waals surface area contributed by atoms with Crippen molar-refractivity contribution in [1.29, 1.82) is 0 Å². The first-order valence-electron chi connectivity index (χ1n) is 21.7. The third kappa shape index (κ3) is 7.26. The molecule has 296 valence electrons. The zero-order valence-electron chi connectivity index (χ0n) is 34.8. The standard InChI is InChI=1S/C62H43N/c1-4-18-44(19-5-1)49-24-16-25-50(42-49)45-34-38-52(39-35-45)63(53-40-36-47(37-41-53)56-29-11-10-28-55(56)46-20-6-2-7-21-46)54-27-17-26-51(43-54)62-60-33-15-13-31-58(60)57-30-12-14-32-59(57)61(62)48-22-8-3-9-23-48/h1-43H. The molecule has 11 aromatic carbocycles. The summed E-state index contributed by atoms with van der Waals surface area (Å²) in [5, 5.41) is 5.00. The van der Waals surface area contributed by atoms with E-state index in [1.807, 2.05) is 0 Å².